The highest BCUT2D eigenvalue weighted by Crippen LogP contribution is 2.31. The van der Waals surface area contributed by atoms with Crippen molar-refractivity contribution in [1.82, 2.24) is 0 Å². The number of nitrogens with two attached hydrogens (primary N) is 1. The van der Waals surface area contributed by atoms with Crippen LogP contribution in [0.15, 0.2) is 47.2 Å². The Balaban J connectivity index is 2.21. The van der Waals surface area contributed by atoms with Crippen molar-refractivity contribution in [2.75, 3.05) is 0 Å². The van der Waals surface area contributed by atoms with Crippen molar-refractivity contribution in [1.29, 1.82) is 0 Å². The number of hydrogen-bond acceptors (Lipinski definition) is 2. The highest BCUT2D eigenvalue weighted by Gasteiger charge is 2.15. The summed E-state index contributed by atoms with van der Waals surface area (Å²) in [5.74, 6) is 0. The maximum absolute atomic E-state index is 6.48. The summed E-state index contributed by atoms with van der Waals surface area (Å²) in [6.45, 7) is 4.27. The number of aryl methyl sites for hydroxylation is 2. The molecule has 1 unspecified atom stereocenters. The quantitative estimate of drug-likeness (QED) is 0.723. The van der Waals surface area contributed by atoms with Gasteiger partial charge in [0, 0.05) is 0 Å². The van der Waals surface area contributed by atoms with Gasteiger partial charge in [-0.3, -0.25) is 0 Å². The minimum atomic E-state index is -0.0447. The smallest absolute Gasteiger partial charge is 0.0568 e. The highest BCUT2D eigenvalue weighted by molar-refractivity contribution is 7.08. The van der Waals surface area contributed by atoms with Crippen LogP contribution in [0.4, 0.5) is 0 Å². The normalized spacial score (nSPS) is 12.8. The Morgan fingerprint density at radius 2 is 1.58 bits per heavy atom. The third kappa shape index (κ3) is 2.07. The highest BCUT2D eigenvalue weighted by atomic mass is 32.1. The molecular weight excluding hydrogens is 250 g/mol. The molecule has 1 heterocycles. The number of fused-ring (bicyclic) bond motifs is 1. The summed E-state index contributed by atoms with van der Waals surface area (Å²) >= 11 is 1.72. The summed E-state index contributed by atoms with van der Waals surface area (Å²) in [6.07, 6.45) is 0. The summed E-state index contributed by atoms with van der Waals surface area (Å²) in [4.78, 5) is 0. The van der Waals surface area contributed by atoms with Crippen LogP contribution in [0.1, 0.15) is 28.3 Å². The van der Waals surface area contributed by atoms with Crippen LogP contribution < -0.4 is 5.73 Å². The molecule has 0 bridgehead atoms. The monoisotopic (exact) mass is 267 g/mol. The van der Waals surface area contributed by atoms with E-state index in [0.29, 0.717) is 0 Å². The van der Waals surface area contributed by atoms with Gasteiger partial charge in [-0.1, -0.05) is 36.4 Å². The average molecular weight is 267 g/mol. The van der Waals surface area contributed by atoms with Crippen molar-refractivity contribution in [2.24, 2.45) is 5.73 Å². The number of thiophene rings is 1. The first-order valence-corrected chi connectivity index (χ1v) is 7.39. The lowest BCUT2D eigenvalue weighted by Gasteiger charge is -2.16. The third-order valence-corrected chi connectivity index (χ3v) is 4.62. The standard InChI is InChI=1S/C17H17NS/c1-11-7-8-15(14-6-4-3-5-13(11)14)17(18)16-10-19-9-12(16)2/h3-10,17H,18H2,1-2H3. The van der Waals surface area contributed by atoms with Crippen molar-refractivity contribution in [2.45, 2.75) is 19.9 Å². The predicted molar refractivity (Wildman–Crippen MR) is 83.8 cm³/mol. The van der Waals surface area contributed by atoms with E-state index in [4.69, 9.17) is 5.73 Å². The summed E-state index contributed by atoms with van der Waals surface area (Å²) in [6, 6.07) is 12.8. The van der Waals surface area contributed by atoms with Crippen LogP contribution in [-0.2, 0) is 0 Å². The molecule has 2 aromatic carbocycles. The van der Waals surface area contributed by atoms with Gasteiger partial charge in [0.2, 0.25) is 0 Å². The van der Waals surface area contributed by atoms with Crippen molar-refractivity contribution in [3.8, 4) is 0 Å². The van der Waals surface area contributed by atoms with Crippen molar-refractivity contribution in [3.05, 3.63) is 69.4 Å². The van der Waals surface area contributed by atoms with Gasteiger partial charge in [-0.25, -0.2) is 0 Å². The zero-order valence-electron chi connectivity index (χ0n) is 11.2. The van der Waals surface area contributed by atoms with E-state index in [1.807, 2.05) is 0 Å². The van der Waals surface area contributed by atoms with Gasteiger partial charge in [0.05, 0.1) is 6.04 Å². The lowest BCUT2D eigenvalue weighted by Crippen LogP contribution is -2.12. The SMILES string of the molecule is Cc1cscc1C(N)c1ccc(C)c2ccccc12. The van der Waals surface area contributed by atoms with Crippen molar-refractivity contribution in [3.63, 3.8) is 0 Å². The van der Waals surface area contributed by atoms with Gasteiger partial charge in [-0.05, 0) is 57.6 Å². The van der Waals surface area contributed by atoms with E-state index in [2.05, 4.69) is 61.0 Å². The van der Waals surface area contributed by atoms with E-state index in [1.165, 1.54) is 33.0 Å². The van der Waals surface area contributed by atoms with Gasteiger partial charge in [0.1, 0.15) is 0 Å². The Labute approximate surface area is 117 Å². The fourth-order valence-electron chi connectivity index (χ4n) is 2.60. The van der Waals surface area contributed by atoms with Crippen LogP contribution in [0.5, 0.6) is 0 Å². The summed E-state index contributed by atoms with van der Waals surface area (Å²) in [5.41, 5.74) is 11.5. The van der Waals surface area contributed by atoms with Gasteiger partial charge in [0.25, 0.3) is 0 Å². The first-order chi connectivity index (χ1) is 9.18. The fraction of sp³-hybridized carbons (Fsp3) is 0.176. The van der Waals surface area contributed by atoms with E-state index in [1.54, 1.807) is 11.3 Å². The molecule has 0 saturated carbocycles. The number of hydrogen-bond donors (Lipinski definition) is 1. The second-order valence-corrected chi connectivity index (χ2v) is 5.75. The Hall–Kier alpha value is -1.64. The minimum Gasteiger partial charge on any atom is -0.320 e. The second kappa shape index (κ2) is 4.80. The molecule has 3 rings (SSSR count). The van der Waals surface area contributed by atoms with Crippen molar-refractivity contribution < 1.29 is 0 Å². The Morgan fingerprint density at radius 3 is 2.26 bits per heavy atom. The first-order valence-electron chi connectivity index (χ1n) is 6.45. The van der Waals surface area contributed by atoms with Crippen LogP contribution in [0.25, 0.3) is 10.8 Å². The molecule has 2 N–H and O–H groups in total. The van der Waals surface area contributed by atoms with Crippen molar-refractivity contribution >= 4 is 22.1 Å². The van der Waals surface area contributed by atoms with Crippen LogP contribution >= 0.6 is 11.3 Å². The summed E-state index contributed by atoms with van der Waals surface area (Å²) < 4.78 is 0. The van der Waals surface area contributed by atoms with E-state index >= 15 is 0 Å². The lowest BCUT2D eigenvalue weighted by atomic mass is 9.92. The molecule has 0 saturated heterocycles. The molecule has 1 nitrogen and oxygen atoms in total. The molecular formula is C17H17NS. The van der Waals surface area contributed by atoms with Gasteiger partial charge in [0.15, 0.2) is 0 Å². The minimum absolute atomic E-state index is 0.0447. The molecule has 1 aromatic heterocycles. The van der Waals surface area contributed by atoms with Crippen LogP contribution in [0.2, 0.25) is 0 Å². The fourth-order valence-corrected chi connectivity index (χ4v) is 3.49. The molecule has 3 aromatic rings. The molecule has 2 heteroatoms. The second-order valence-electron chi connectivity index (χ2n) is 5.01. The molecule has 0 amide bonds. The molecule has 96 valence electrons. The summed E-state index contributed by atoms with van der Waals surface area (Å²) in [7, 11) is 0. The van der Waals surface area contributed by atoms with Crippen LogP contribution in [0, 0.1) is 13.8 Å². The first kappa shape index (κ1) is 12.4. The molecule has 0 radical (unpaired) electrons. The Morgan fingerprint density at radius 1 is 0.842 bits per heavy atom. The van der Waals surface area contributed by atoms with Gasteiger partial charge >= 0.3 is 0 Å². The lowest BCUT2D eigenvalue weighted by molar-refractivity contribution is 0.877. The maximum Gasteiger partial charge on any atom is 0.0568 e. The molecule has 0 fully saturated rings. The Kier molecular flexibility index (Phi) is 3.13. The third-order valence-electron chi connectivity index (χ3n) is 3.74. The largest absolute Gasteiger partial charge is 0.320 e. The molecule has 0 spiro atoms. The van der Waals surface area contributed by atoms with E-state index in [9.17, 15) is 0 Å². The molecule has 1 atom stereocenters. The zero-order valence-corrected chi connectivity index (χ0v) is 12.0. The van der Waals surface area contributed by atoms with Gasteiger partial charge in [-0.15, -0.1) is 0 Å². The van der Waals surface area contributed by atoms with Crippen LogP contribution in [-0.4, -0.2) is 0 Å². The topological polar surface area (TPSA) is 26.0 Å². The van der Waals surface area contributed by atoms with Crippen LogP contribution in [0.3, 0.4) is 0 Å². The molecule has 0 aliphatic carbocycles. The number of benzene rings is 2. The van der Waals surface area contributed by atoms with E-state index in [0.717, 1.165) is 0 Å². The predicted octanol–water partition coefficient (Wildman–Crippen LogP) is 4.57. The van der Waals surface area contributed by atoms with E-state index in [-0.39, 0.29) is 6.04 Å². The molecule has 0 aliphatic rings. The molecule has 19 heavy (non-hydrogen) atoms. The molecule has 0 aliphatic heterocycles. The Bertz CT molecular complexity index is 727. The van der Waals surface area contributed by atoms with Gasteiger partial charge in [-0.2, -0.15) is 11.3 Å². The van der Waals surface area contributed by atoms with E-state index < -0.39 is 0 Å². The summed E-state index contributed by atoms with van der Waals surface area (Å²) in [5, 5.41) is 6.88. The average Bonchev–Trinajstić information content (AvgIpc) is 2.85. The van der Waals surface area contributed by atoms with Gasteiger partial charge < -0.3 is 5.73 Å². The number of rotatable bonds is 2. The zero-order chi connectivity index (χ0) is 13.4. The maximum atomic E-state index is 6.48.